The monoisotopic (exact) mass is 225 g/mol. The van der Waals surface area contributed by atoms with Crippen LogP contribution < -0.4 is 0 Å². The van der Waals surface area contributed by atoms with Crippen molar-refractivity contribution in [1.82, 2.24) is 0 Å². The van der Waals surface area contributed by atoms with Crippen LogP contribution in [0, 0.1) is 11.3 Å². The average Bonchev–Trinajstić information content (AvgIpc) is 2.40. The summed E-state index contributed by atoms with van der Waals surface area (Å²) in [7, 11) is 0. The van der Waals surface area contributed by atoms with Crippen molar-refractivity contribution in [1.29, 1.82) is 5.26 Å². The summed E-state index contributed by atoms with van der Waals surface area (Å²) in [6, 6.07) is 11.9. The maximum atomic E-state index is 7.79. The van der Waals surface area contributed by atoms with E-state index in [0.717, 1.165) is 0 Å². The van der Waals surface area contributed by atoms with Crippen LogP contribution in [0.25, 0.3) is 6.08 Å². The van der Waals surface area contributed by atoms with E-state index >= 15 is 0 Å². The van der Waals surface area contributed by atoms with E-state index in [0.29, 0.717) is 5.57 Å². The highest BCUT2D eigenvalue weighted by molar-refractivity contribution is 5.45. The van der Waals surface area contributed by atoms with Crippen molar-refractivity contribution in [3.05, 3.63) is 79.9 Å². The van der Waals surface area contributed by atoms with Crippen molar-refractivity contribution < 1.29 is 0 Å². The van der Waals surface area contributed by atoms with E-state index in [2.05, 4.69) is 26.3 Å². The molecule has 1 nitrogen and oxygen atoms in total. The minimum Gasteiger partial charge on any atom is -0.193 e. The molecule has 0 aliphatic carbocycles. The third kappa shape index (κ3) is 16.4. The van der Waals surface area contributed by atoms with Crippen molar-refractivity contribution in [3.8, 4) is 6.07 Å². The largest absolute Gasteiger partial charge is 0.193 e. The van der Waals surface area contributed by atoms with Crippen LogP contribution in [0.5, 0.6) is 0 Å². The van der Waals surface area contributed by atoms with Gasteiger partial charge in [-0.15, -0.1) is 0 Å². The second-order valence-electron chi connectivity index (χ2n) is 2.98. The van der Waals surface area contributed by atoms with E-state index in [4.69, 9.17) is 5.26 Å². The van der Waals surface area contributed by atoms with Gasteiger partial charge in [-0.25, -0.2) is 0 Å². The summed E-state index contributed by atoms with van der Waals surface area (Å²) in [5, 5.41) is 7.79. The first-order chi connectivity index (χ1) is 8.12. The van der Waals surface area contributed by atoms with Gasteiger partial charge >= 0.3 is 0 Å². The minimum absolute atomic E-state index is 0.560. The van der Waals surface area contributed by atoms with Gasteiger partial charge in [-0.3, -0.25) is 0 Å². The second kappa shape index (κ2) is 13.7. The van der Waals surface area contributed by atoms with Crippen molar-refractivity contribution >= 4 is 6.08 Å². The molecule has 0 N–H and O–H groups in total. The van der Waals surface area contributed by atoms with Crippen LogP contribution in [0.1, 0.15) is 12.5 Å². The van der Waals surface area contributed by atoms with E-state index in [9.17, 15) is 0 Å². The Morgan fingerprint density at radius 3 is 1.71 bits per heavy atom. The highest BCUT2D eigenvalue weighted by atomic mass is 14.2. The van der Waals surface area contributed by atoms with Gasteiger partial charge in [0.05, 0.1) is 6.07 Å². The van der Waals surface area contributed by atoms with E-state index < -0.39 is 0 Å². The van der Waals surface area contributed by atoms with Crippen LogP contribution in [0.4, 0.5) is 0 Å². The molecule has 1 aromatic rings. The Balaban J connectivity index is 0. The van der Waals surface area contributed by atoms with Crippen molar-refractivity contribution in [2.24, 2.45) is 0 Å². The van der Waals surface area contributed by atoms with Crippen molar-refractivity contribution in [3.63, 3.8) is 0 Å². The predicted molar refractivity (Wildman–Crippen MR) is 77.4 cm³/mol. The van der Waals surface area contributed by atoms with Gasteiger partial charge in [-0.05, 0) is 12.5 Å². The Bertz CT molecular complexity index is 374. The molecule has 1 aromatic carbocycles. The number of allylic oxidation sites excluding steroid dienone is 3. The number of hydrogen-bond acceptors (Lipinski definition) is 1. The molecule has 0 fully saturated rings. The Morgan fingerprint density at radius 2 is 1.53 bits per heavy atom. The van der Waals surface area contributed by atoms with E-state index in [-0.39, 0.29) is 0 Å². The van der Waals surface area contributed by atoms with Gasteiger partial charge in [0.1, 0.15) is 0 Å². The first-order valence-corrected chi connectivity index (χ1v) is 5.08. The Labute approximate surface area is 105 Å². The van der Waals surface area contributed by atoms with Gasteiger partial charge in [-0.1, -0.05) is 74.9 Å². The minimum atomic E-state index is 0.560. The van der Waals surface area contributed by atoms with Crippen LogP contribution in [-0.4, -0.2) is 0 Å². The average molecular weight is 225 g/mol. The molecule has 0 saturated carbocycles. The van der Waals surface area contributed by atoms with E-state index in [1.807, 2.05) is 42.5 Å². The molecule has 0 aromatic heterocycles. The molecule has 0 aliphatic heterocycles. The van der Waals surface area contributed by atoms with Crippen molar-refractivity contribution in [2.45, 2.75) is 6.92 Å². The molecule has 0 saturated heterocycles. The molecule has 88 valence electrons. The molecule has 0 aliphatic rings. The summed E-state index contributed by atoms with van der Waals surface area (Å²) in [4.78, 5) is 0. The fourth-order valence-corrected chi connectivity index (χ4v) is 0.589. The summed E-state index contributed by atoms with van der Waals surface area (Å²) >= 11 is 0. The standard InChI is InChI=1S/C8H8.C4H5N.C4H6/c1-2-8-6-4-3-5-7-8;1-4(2)3-5;1-3-4-2/h2-7H,1H2;1H2,2H3;3-4H,1-2H2. The van der Waals surface area contributed by atoms with Crippen LogP contribution in [0.3, 0.4) is 0 Å². The molecule has 0 spiro atoms. The zero-order chi connectivity index (χ0) is 13.5. The molecule has 0 radical (unpaired) electrons. The third-order valence-electron chi connectivity index (χ3n) is 1.39. The van der Waals surface area contributed by atoms with Crippen molar-refractivity contribution in [2.75, 3.05) is 0 Å². The summed E-state index contributed by atoms with van der Waals surface area (Å²) in [5.41, 5.74) is 1.73. The smallest absolute Gasteiger partial charge is 0.0937 e. The highest BCUT2D eigenvalue weighted by Gasteiger charge is 1.75. The molecule has 0 heterocycles. The number of nitrogens with zero attached hydrogens (tertiary/aromatic N) is 1. The normalized spacial score (nSPS) is 6.82. The van der Waals surface area contributed by atoms with Crippen LogP contribution >= 0.6 is 0 Å². The van der Waals surface area contributed by atoms with Gasteiger partial charge in [0.15, 0.2) is 0 Å². The lowest BCUT2D eigenvalue weighted by Gasteiger charge is -1.85. The first-order valence-electron chi connectivity index (χ1n) is 5.08. The lowest BCUT2D eigenvalue weighted by molar-refractivity contribution is 1.46. The maximum absolute atomic E-state index is 7.79. The van der Waals surface area contributed by atoms with Crippen LogP contribution in [-0.2, 0) is 0 Å². The summed E-state index contributed by atoms with van der Waals surface area (Å²) < 4.78 is 0. The molecular weight excluding hydrogens is 206 g/mol. The first kappa shape index (κ1) is 17.1. The van der Waals surface area contributed by atoms with Gasteiger partial charge in [0, 0.05) is 5.57 Å². The SMILES string of the molecule is C=C(C)C#N.C=CC=C.C=Cc1ccccc1. The second-order valence-corrected chi connectivity index (χ2v) is 2.98. The number of rotatable bonds is 2. The number of hydrogen-bond donors (Lipinski definition) is 0. The molecular formula is C16H19N. The highest BCUT2D eigenvalue weighted by Crippen LogP contribution is 1.97. The molecule has 0 amide bonds. The predicted octanol–water partition coefficient (Wildman–Crippen LogP) is 4.77. The lowest BCUT2D eigenvalue weighted by Crippen LogP contribution is -1.63. The van der Waals surface area contributed by atoms with Gasteiger partial charge in [0.25, 0.3) is 0 Å². The zero-order valence-corrected chi connectivity index (χ0v) is 10.4. The quantitative estimate of drug-likeness (QED) is 0.525. The maximum Gasteiger partial charge on any atom is 0.0937 e. The number of nitriles is 1. The van der Waals surface area contributed by atoms with E-state index in [1.54, 1.807) is 19.1 Å². The van der Waals surface area contributed by atoms with Crippen LogP contribution in [0.2, 0.25) is 0 Å². The van der Waals surface area contributed by atoms with Crippen LogP contribution in [0.15, 0.2) is 74.4 Å². The molecule has 1 heteroatoms. The molecule has 1 rings (SSSR count). The third-order valence-corrected chi connectivity index (χ3v) is 1.39. The number of benzene rings is 1. The lowest BCUT2D eigenvalue weighted by atomic mass is 10.2. The molecule has 0 bridgehead atoms. The fraction of sp³-hybridized carbons (Fsp3) is 0.0625. The Morgan fingerprint density at radius 1 is 1.12 bits per heavy atom. The van der Waals surface area contributed by atoms with E-state index in [1.165, 1.54) is 5.56 Å². The molecule has 0 unspecified atom stereocenters. The zero-order valence-electron chi connectivity index (χ0n) is 10.4. The topological polar surface area (TPSA) is 23.8 Å². The summed E-state index contributed by atoms with van der Waals surface area (Å²) in [6.45, 7) is 15.3. The Hall–Kier alpha value is -2.33. The van der Waals surface area contributed by atoms with Gasteiger partial charge in [-0.2, -0.15) is 5.26 Å². The Kier molecular flexibility index (Phi) is 13.7. The summed E-state index contributed by atoms with van der Waals surface area (Å²) in [6.07, 6.45) is 5.11. The van der Waals surface area contributed by atoms with Gasteiger partial charge < -0.3 is 0 Å². The van der Waals surface area contributed by atoms with Gasteiger partial charge in [0.2, 0.25) is 0 Å². The summed E-state index contributed by atoms with van der Waals surface area (Å²) in [5.74, 6) is 0. The molecule has 0 atom stereocenters. The molecule has 17 heavy (non-hydrogen) atoms. The fourth-order valence-electron chi connectivity index (χ4n) is 0.589.